The quantitative estimate of drug-likeness (QED) is 0.747. The Labute approximate surface area is 88.1 Å². The number of nitrogens with zero attached hydrogens (tertiary/aromatic N) is 1. The van der Waals surface area contributed by atoms with Crippen molar-refractivity contribution in [1.82, 2.24) is 0 Å². The molecule has 1 saturated heterocycles. The van der Waals surface area contributed by atoms with E-state index in [4.69, 9.17) is 10.00 Å². The second-order valence-electron chi connectivity index (χ2n) is 3.47. The maximum atomic E-state index is 8.94. The number of nitriles is 1. The molecule has 2 heterocycles. The summed E-state index contributed by atoms with van der Waals surface area (Å²) < 4.78 is 5.59. The van der Waals surface area contributed by atoms with Gasteiger partial charge in [-0.2, -0.15) is 5.26 Å². The summed E-state index contributed by atoms with van der Waals surface area (Å²) in [5.41, 5.74) is 0. The van der Waals surface area contributed by atoms with E-state index in [1.54, 1.807) is 11.3 Å². The van der Waals surface area contributed by atoms with Crippen LogP contribution in [0.3, 0.4) is 0 Å². The van der Waals surface area contributed by atoms with Gasteiger partial charge in [-0.25, -0.2) is 0 Å². The Kier molecular flexibility index (Phi) is 2.85. The largest absolute Gasteiger partial charge is 0.371 e. The van der Waals surface area contributed by atoms with Crippen molar-refractivity contribution in [2.45, 2.75) is 25.9 Å². The average molecular weight is 207 g/mol. The van der Waals surface area contributed by atoms with Gasteiger partial charge in [-0.15, -0.1) is 11.3 Å². The van der Waals surface area contributed by atoms with Crippen LogP contribution in [0.2, 0.25) is 0 Å². The molecule has 2 atom stereocenters. The monoisotopic (exact) mass is 207 g/mol. The lowest BCUT2D eigenvalue weighted by atomic mass is 10.0. The first-order chi connectivity index (χ1) is 6.85. The Balaban J connectivity index is 2.18. The third kappa shape index (κ3) is 1.68. The summed E-state index contributed by atoms with van der Waals surface area (Å²) >= 11 is 1.77. The smallest absolute Gasteiger partial charge is 0.107 e. The molecule has 74 valence electrons. The fourth-order valence-electron chi connectivity index (χ4n) is 1.74. The summed E-state index contributed by atoms with van der Waals surface area (Å²) in [4.78, 5) is 2.58. The van der Waals surface area contributed by atoms with Gasteiger partial charge in [-0.05, 0) is 25.0 Å². The fourth-order valence-corrected chi connectivity index (χ4v) is 2.81. The zero-order valence-electron chi connectivity index (χ0n) is 8.19. The predicted octanol–water partition coefficient (Wildman–Crippen LogP) is 2.91. The first-order valence-corrected chi connectivity index (χ1v) is 5.76. The molecular formula is C11H13NOS. The minimum Gasteiger partial charge on any atom is -0.371 e. The van der Waals surface area contributed by atoms with Crippen LogP contribution in [-0.4, -0.2) is 6.61 Å². The zero-order chi connectivity index (χ0) is 9.97. The molecule has 1 aromatic rings. The number of hydrogen-bond donors (Lipinski definition) is 0. The van der Waals surface area contributed by atoms with Crippen LogP contribution in [0, 0.1) is 17.2 Å². The molecule has 1 aliphatic heterocycles. The van der Waals surface area contributed by atoms with E-state index in [9.17, 15) is 0 Å². The van der Waals surface area contributed by atoms with Crippen LogP contribution in [0.1, 0.15) is 29.2 Å². The highest BCUT2D eigenvalue weighted by atomic mass is 32.1. The van der Waals surface area contributed by atoms with Crippen molar-refractivity contribution < 1.29 is 4.74 Å². The standard InChI is InChI=1S/C11H13NOS/c1-2-9-3-4-10(14-9)11-8(7-12)5-6-13-11/h3-4,8,11H,2,5-6H2,1H3. The minimum atomic E-state index is 0.0327. The molecule has 0 saturated carbocycles. The first kappa shape index (κ1) is 9.70. The van der Waals surface area contributed by atoms with Crippen LogP contribution >= 0.6 is 11.3 Å². The normalized spacial score (nSPS) is 26.3. The van der Waals surface area contributed by atoms with Gasteiger partial charge in [0.2, 0.25) is 0 Å². The van der Waals surface area contributed by atoms with Gasteiger partial charge < -0.3 is 4.74 Å². The minimum absolute atomic E-state index is 0.0327. The SMILES string of the molecule is CCc1ccc(C2OCCC2C#N)s1. The predicted molar refractivity (Wildman–Crippen MR) is 56.1 cm³/mol. The van der Waals surface area contributed by atoms with E-state index in [0.29, 0.717) is 0 Å². The van der Waals surface area contributed by atoms with Gasteiger partial charge in [0.25, 0.3) is 0 Å². The van der Waals surface area contributed by atoms with Crippen LogP contribution in [0.25, 0.3) is 0 Å². The van der Waals surface area contributed by atoms with Crippen LogP contribution in [0.5, 0.6) is 0 Å². The van der Waals surface area contributed by atoms with Gasteiger partial charge in [0.05, 0.1) is 12.0 Å². The molecule has 0 aliphatic carbocycles. The summed E-state index contributed by atoms with van der Waals surface area (Å²) in [6.07, 6.45) is 1.97. The van der Waals surface area contributed by atoms with E-state index in [-0.39, 0.29) is 12.0 Å². The van der Waals surface area contributed by atoms with Gasteiger partial charge >= 0.3 is 0 Å². The van der Waals surface area contributed by atoms with Crippen LogP contribution < -0.4 is 0 Å². The molecule has 14 heavy (non-hydrogen) atoms. The Morgan fingerprint density at radius 1 is 1.64 bits per heavy atom. The number of rotatable bonds is 2. The van der Waals surface area contributed by atoms with Crippen molar-refractivity contribution in [1.29, 1.82) is 5.26 Å². The van der Waals surface area contributed by atoms with E-state index >= 15 is 0 Å². The van der Waals surface area contributed by atoms with E-state index in [2.05, 4.69) is 25.1 Å². The lowest BCUT2D eigenvalue weighted by Gasteiger charge is -2.09. The van der Waals surface area contributed by atoms with Crippen molar-refractivity contribution in [3.8, 4) is 6.07 Å². The molecule has 0 radical (unpaired) electrons. The fraction of sp³-hybridized carbons (Fsp3) is 0.545. The number of hydrogen-bond acceptors (Lipinski definition) is 3. The van der Waals surface area contributed by atoms with Crippen molar-refractivity contribution in [3.63, 3.8) is 0 Å². The number of thiophene rings is 1. The summed E-state index contributed by atoms with van der Waals surface area (Å²) in [5, 5.41) is 8.94. The van der Waals surface area contributed by atoms with Gasteiger partial charge in [0.1, 0.15) is 6.10 Å². The van der Waals surface area contributed by atoms with Crippen molar-refractivity contribution >= 4 is 11.3 Å². The lowest BCUT2D eigenvalue weighted by molar-refractivity contribution is 0.103. The van der Waals surface area contributed by atoms with Gasteiger partial charge in [0, 0.05) is 16.4 Å². The van der Waals surface area contributed by atoms with Crippen LogP contribution in [-0.2, 0) is 11.2 Å². The second kappa shape index (κ2) is 4.12. The topological polar surface area (TPSA) is 33.0 Å². The summed E-state index contributed by atoms with van der Waals surface area (Å²) in [6, 6.07) is 6.56. The third-order valence-electron chi connectivity index (χ3n) is 2.57. The summed E-state index contributed by atoms with van der Waals surface area (Å²) in [5.74, 6) is 0.0540. The van der Waals surface area contributed by atoms with E-state index in [1.165, 1.54) is 9.75 Å². The highest BCUT2D eigenvalue weighted by molar-refractivity contribution is 7.12. The molecule has 0 aromatic carbocycles. The summed E-state index contributed by atoms with van der Waals surface area (Å²) in [6.45, 7) is 2.87. The molecule has 0 N–H and O–H groups in total. The maximum Gasteiger partial charge on any atom is 0.107 e. The zero-order valence-corrected chi connectivity index (χ0v) is 9.01. The first-order valence-electron chi connectivity index (χ1n) is 4.95. The van der Waals surface area contributed by atoms with Crippen LogP contribution in [0.15, 0.2) is 12.1 Å². The Hall–Kier alpha value is -0.850. The van der Waals surface area contributed by atoms with Gasteiger partial charge in [-0.3, -0.25) is 0 Å². The highest BCUT2D eigenvalue weighted by Crippen LogP contribution is 2.37. The third-order valence-corrected chi connectivity index (χ3v) is 3.86. The van der Waals surface area contributed by atoms with Crippen molar-refractivity contribution in [2.24, 2.45) is 5.92 Å². The summed E-state index contributed by atoms with van der Waals surface area (Å²) in [7, 11) is 0. The molecule has 3 heteroatoms. The van der Waals surface area contributed by atoms with Gasteiger partial charge in [-0.1, -0.05) is 6.92 Å². The molecule has 2 nitrogen and oxygen atoms in total. The molecule has 1 aliphatic rings. The van der Waals surface area contributed by atoms with E-state index < -0.39 is 0 Å². The molecule has 2 unspecified atom stereocenters. The molecule has 0 amide bonds. The maximum absolute atomic E-state index is 8.94. The van der Waals surface area contributed by atoms with E-state index in [0.717, 1.165) is 19.4 Å². The second-order valence-corrected chi connectivity index (χ2v) is 4.67. The van der Waals surface area contributed by atoms with Crippen molar-refractivity contribution in [2.75, 3.05) is 6.61 Å². The Morgan fingerprint density at radius 3 is 3.14 bits per heavy atom. The van der Waals surface area contributed by atoms with Crippen molar-refractivity contribution in [3.05, 3.63) is 21.9 Å². The van der Waals surface area contributed by atoms with E-state index in [1.807, 2.05) is 0 Å². The number of aryl methyl sites for hydroxylation is 1. The lowest BCUT2D eigenvalue weighted by Crippen LogP contribution is -2.02. The molecule has 0 bridgehead atoms. The molecule has 0 spiro atoms. The molecular weight excluding hydrogens is 194 g/mol. The van der Waals surface area contributed by atoms with Gasteiger partial charge in [0.15, 0.2) is 0 Å². The Bertz CT molecular complexity index is 352. The van der Waals surface area contributed by atoms with Crippen LogP contribution in [0.4, 0.5) is 0 Å². The highest BCUT2D eigenvalue weighted by Gasteiger charge is 2.30. The average Bonchev–Trinajstić information content (AvgIpc) is 2.85. The number of ether oxygens (including phenoxy) is 1. The molecule has 1 fully saturated rings. The molecule has 1 aromatic heterocycles. The Morgan fingerprint density at radius 2 is 2.50 bits per heavy atom. The molecule has 2 rings (SSSR count).